The number of guanidine groups is 1. The van der Waals surface area contributed by atoms with Gasteiger partial charge in [0.25, 0.3) is 5.96 Å². The molecule has 1 aliphatic heterocycles. The smallest absolute Gasteiger partial charge is 0.268 e. The van der Waals surface area contributed by atoms with E-state index in [0.717, 1.165) is 19.4 Å². The summed E-state index contributed by atoms with van der Waals surface area (Å²) in [5, 5.41) is 17.9. The second kappa shape index (κ2) is 5.38. The zero-order valence-corrected chi connectivity index (χ0v) is 8.02. The summed E-state index contributed by atoms with van der Waals surface area (Å²) >= 11 is 0. The molecule has 7 nitrogen and oxygen atoms in total. The number of hydrogen-bond acceptors (Lipinski definition) is 3. The molecule has 14 heavy (non-hydrogen) atoms. The quantitative estimate of drug-likeness (QED) is 0.279. The minimum atomic E-state index is -0.742. The van der Waals surface area contributed by atoms with E-state index in [-0.39, 0.29) is 12.1 Å². The van der Waals surface area contributed by atoms with Crippen molar-refractivity contribution < 1.29 is 9.77 Å². The molecule has 2 N–H and O–H groups in total. The number of nitrogens with zero attached hydrogens (tertiary/aromatic N) is 2. The van der Waals surface area contributed by atoms with Gasteiger partial charge in [0.15, 0.2) is 5.03 Å². The molecule has 1 aliphatic rings. The highest BCUT2D eigenvalue weighted by Gasteiger charge is 2.15. The first-order valence-electron chi connectivity index (χ1n) is 4.48. The van der Waals surface area contributed by atoms with Crippen molar-refractivity contribution in [3.8, 4) is 0 Å². The van der Waals surface area contributed by atoms with Crippen LogP contribution < -0.4 is 10.6 Å². The van der Waals surface area contributed by atoms with Crippen molar-refractivity contribution in [3.63, 3.8) is 0 Å². The molecule has 0 aromatic rings. The van der Waals surface area contributed by atoms with Crippen molar-refractivity contribution in [2.24, 2.45) is 5.10 Å². The molecule has 1 rings (SSSR count). The number of nitro groups is 1. The lowest BCUT2D eigenvalue weighted by molar-refractivity contribution is -0.485. The highest BCUT2D eigenvalue weighted by atomic mass is 16.7. The summed E-state index contributed by atoms with van der Waals surface area (Å²) < 4.78 is 5.34. The molecule has 7 heteroatoms. The van der Waals surface area contributed by atoms with Gasteiger partial charge >= 0.3 is 0 Å². The van der Waals surface area contributed by atoms with Gasteiger partial charge in [-0.15, -0.1) is 0 Å². The molecule has 0 bridgehead atoms. The van der Waals surface area contributed by atoms with Crippen LogP contribution >= 0.6 is 0 Å². The normalized spacial score (nSPS) is 22.1. The van der Waals surface area contributed by atoms with Gasteiger partial charge in [-0.25, -0.2) is 10.1 Å². The number of hydrogen-bond donors (Lipinski definition) is 2. The summed E-state index contributed by atoms with van der Waals surface area (Å²) in [6, 6.07) is 0. The molecule has 0 unspecified atom stereocenters. The maximum absolute atomic E-state index is 10.1. The van der Waals surface area contributed by atoms with E-state index in [0.29, 0.717) is 6.54 Å². The second-order valence-corrected chi connectivity index (χ2v) is 2.95. The number of ether oxygens (including phenoxy) is 1. The zero-order valence-electron chi connectivity index (χ0n) is 8.02. The van der Waals surface area contributed by atoms with Crippen molar-refractivity contribution in [1.82, 2.24) is 10.6 Å². The van der Waals surface area contributed by atoms with Gasteiger partial charge in [0, 0.05) is 20.2 Å². The highest BCUT2D eigenvalue weighted by molar-refractivity contribution is 5.78. The Labute approximate surface area is 81.7 Å². The van der Waals surface area contributed by atoms with E-state index in [1.54, 1.807) is 7.05 Å². The molecule has 0 aromatic carbocycles. The Hall–Kier alpha value is -1.37. The van der Waals surface area contributed by atoms with Crippen LogP contribution in [0.25, 0.3) is 0 Å². The molecule has 1 fully saturated rings. The lowest BCUT2D eigenvalue weighted by Gasteiger charge is -2.10. The van der Waals surface area contributed by atoms with Crippen LogP contribution in [0.5, 0.6) is 0 Å². The van der Waals surface area contributed by atoms with Crippen LogP contribution in [0.4, 0.5) is 0 Å². The molecule has 1 heterocycles. The van der Waals surface area contributed by atoms with E-state index < -0.39 is 5.03 Å². The molecule has 0 aromatic heterocycles. The monoisotopic (exact) mass is 202 g/mol. The Balaban J connectivity index is 2.29. The van der Waals surface area contributed by atoms with Crippen LogP contribution in [0.1, 0.15) is 12.8 Å². The third-order valence-electron chi connectivity index (χ3n) is 1.94. The molecule has 0 spiro atoms. The molecule has 0 aliphatic carbocycles. The van der Waals surface area contributed by atoms with Gasteiger partial charge in [0.2, 0.25) is 0 Å². The molecule has 80 valence electrons. The van der Waals surface area contributed by atoms with Crippen LogP contribution in [0.2, 0.25) is 0 Å². The summed E-state index contributed by atoms with van der Waals surface area (Å²) in [5.41, 5.74) is 0. The number of rotatable bonds is 3. The van der Waals surface area contributed by atoms with E-state index in [2.05, 4.69) is 15.7 Å². The van der Waals surface area contributed by atoms with Gasteiger partial charge in [-0.1, -0.05) is 0 Å². The SMILES string of the molecule is CN/C(=N/[N+](=O)[O-])NC[C@H]1CCCO1. The Bertz CT molecular complexity index is 225. The first-order chi connectivity index (χ1) is 6.72. The maximum atomic E-state index is 10.1. The molecular weight excluding hydrogens is 188 g/mol. The standard InChI is InChI=1S/C7H14N4O3/c1-8-7(10-11(12)13)9-5-6-3-2-4-14-6/h6H,2-5H2,1H3,(H2,8,9,10)/t6-/m1/s1. The first kappa shape index (κ1) is 10.7. The molecule has 0 radical (unpaired) electrons. The maximum Gasteiger partial charge on any atom is 0.268 e. The van der Waals surface area contributed by atoms with Gasteiger partial charge in [-0.2, -0.15) is 0 Å². The predicted octanol–water partition coefficient (Wildman–Crippen LogP) is -0.478. The average molecular weight is 202 g/mol. The zero-order chi connectivity index (χ0) is 10.4. The summed E-state index contributed by atoms with van der Waals surface area (Å²) in [6.07, 6.45) is 2.18. The van der Waals surface area contributed by atoms with Gasteiger partial charge in [0.1, 0.15) is 5.10 Å². The fourth-order valence-electron chi connectivity index (χ4n) is 1.27. The van der Waals surface area contributed by atoms with Crippen molar-refractivity contribution in [3.05, 3.63) is 10.1 Å². The summed E-state index contributed by atoms with van der Waals surface area (Å²) in [6.45, 7) is 1.32. The summed E-state index contributed by atoms with van der Waals surface area (Å²) in [7, 11) is 1.57. The molecule has 0 amide bonds. The number of hydrazone groups is 1. The molecule has 1 saturated heterocycles. The fourth-order valence-corrected chi connectivity index (χ4v) is 1.27. The summed E-state index contributed by atoms with van der Waals surface area (Å²) in [4.78, 5) is 10.1. The van der Waals surface area contributed by atoms with Crippen LogP contribution in [-0.2, 0) is 4.74 Å². The first-order valence-corrected chi connectivity index (χ1v) is 4.48. The van der Waals surface area contributed by atoms with Crippen molar-refractivity contribution >= 4 is 5.96 Å². The highest BCUT2D eigenvalue weighted by Crippen LogP contribution is 2.10. The van der Waals surface area contributed by atoms with Crippen LogP contribution in [-0.4, -0.2) is 37.3 Å². The van der Waals surface area contributed by atoms with Gasteiger partial charge in [-0.05, 0) is 12.8 Å². The van der Waals surface area contributed by atoms with Crippen LogP contribution in [0.3, 0.4) is 0 Å². The topological polar surface area (TPSA) is 88.8 Å². The van der Waals surface area contributed by atoms with Crippen molar-refractivity contribution in [2.45, 2.75) is 18.9 Å². The second-order valence-electron chi connectivity index (χ2n) is 2.95. The largest absolute Gasteiger partial charge is 0.376 e. The number of nitrogens with one attached hydrogen (secondary N) is 2. The predicted molar refractivity (Wildman–Crippen MR) is 50.5 cm³/mol. The van der Waals surface area contributed by atoms with Crippen LogP contribution in [0, 0.1) is 10.1 Å². The average Bonchev–Trinajstić information content (AvgIpc) is 2.64. The third-order valence-corrected chi connectivity index (χ3v) is 1.94. The molecule has 1 atom stereocenters. The summed E-state index contributed by atoms with van der Waals surface area (Å²) in [5.74, 6) is 0.158. The van der Waals surface area contributed by atoms with Gasteiger partial charge < -0.3 is 15.4 Å². The Morgan fingerprint density at radius 3 is 3.07 bits per heavy atom. The van der Waals surface area contributed by atoms with Gasteiger partial charge in [-0.3, -0.25) is 0 Å². The van der Waals surface area contributed by atoms with Crippen LogP contribution in [0.15, 0.2) is 5.10 Å². The van der Waals surface area contributed by atoms with E-state index in [1.807, 2.05) is 0 Å². The lowest BCUT2D eigenvalue weighted by Crippen LogP contribution is -2.39. The Kier molecular flexibility index (Phi) is 4.11. The van der Waals surface area contributed by atoms with Gasteiger partial charge in [0.05, 0.1) is 6.10 Å². The minimum Gasteiger partial charge on any atom is -0.376 e. The van der Waals surface area contributed by atoms with Crippen molar-refractivity contribution in [2.75, 3.05) is 20.2 Å². The van der Waals surface area contributed by atoms with E-state index in [9.17, 15) is 10.1 Å². The fraction of sp³-hybridized carbons (Fsp3) is 0.857. The lowest BCUT2D eigenvalue weighted by atomic mass is 10.2. The Morgan fingerprint density at radius 1 is 1.79 bits per heavy atom. The third kappa shape index (κ3) is 3.56. The van der Waals surface area contributed by atoms with E-state index >= 15 is 0 Å². The molecule has 0 saturated carbocycles. The van der Waals surface area contributed by atoms with Crippen molar-refractivity contribution in [1.29, 1.82) is 0 Å². The van der Waals surface area contributed by atoms with E-state index in [4.69, 9.17) is 4.74 Å². The van der Waals surface area contributed by atoms with E-state index in [1.165, 1.54) is 0 Å². The Morgan fingerprint density at radius 2 is 2.57 bits per heavy atom. The molecular formula is C7H14N4O3. The minimum absolute atomic E-state index is 0.139.